The zero-order valence-corrected chi connectivity index (χ0v) is 13.8. The van der Waals surface area contributed by atoms with Crippen LogP contribution in [0.4, 0.5) is 0 Å². The lowest BCUT2D eigenvalue weighted by Crippen LogP contribution is -2.29. The highest BCUT2D eigenvalue weighted by atomic mass is 16.4. The lowest BCUT2D eigenvalue weighted by molar-refractivity contribution is 0.426. The molecule has 0 saturated carbocycles. The molecule has 3 rings (SSSR count). The van der Waals surface area contributed by atoms with E-state index in [1.165, 1.54) is 5.69 Å². The number of phenolic OH excluding ortho intramolecular Hbond substituents is 1. The molecule has 124 valence electrons. The summed E-state index contributed by atoms with van der Waals surface area (Å²) in [7, 11) is -1.43. The van der Waals surface area contributed by atoms with Crippen LogP contribution in [-0.2, 0) is 13.0 Å². The van der Waals surface area contributed by atoms with E-state index in [2.05, 4.69) is 17.6 Å². The van der Waals surface area contributed by atoms with E-state index >= 15 is 0 Å². The number of rotatable bonds is 6. The first-order chi connectivity index (χ1) is 11.6. The molecule has 0 saturated heterocycles. The summed E-state index contributed by atoms with van der Waals surface area (Å²) in [5.74, 6) is 0.284. The van der Waals surface area contributed by atoms with Gasteiger partial charge in [0.1, 0.15) is 5.75 Å². The van der Waals surface area contributed by atoms with Crippen LogP contribution in [0.5, 0.6) is 5.75 Å². The fourth-order valence-corrected chi connectivity index (χ4v) is 3.04. The van der Waals surface area contributed by atoms with Gasteiger partial charge in [-0.3, -0.25) is 0 Å². The molecule has 2 aromatic carbocycles. The maximum absolute atomic E-state index is 9.80. The minimum absolute atomic E-state index is 0.284. The fourth-order valence-electron chi connectivity index (χ4n) is 3.04. The van der Waals surface area contributed by atoms with E-state index < -0.39 is 7.12 Å². The minimum Gasteiger partial charge on any atom is -0.508 e. The Balaban J connectivity index is 1.95. The van der Waals surface area contributed by atoms with Crippen LogP contribution in [0, 0.1) is 0 Å². The molecule has 0 aliphatic heterocycles. The Hall–Kier alpha value is -2.24. The smallest absolute Gasteiger partial charge is 0.488 e. The second-order valence-electron chi connectivity index (χ2n) is 6.18. The second-order valence-corrected chi connectivity index (χ2v) is 6.18. The van der Waals surface area contributed by atoms with Gasteiger partial charge in [0.05, 0.1) is 5.52 Å². The van der Waals surface area contributed by atoms with Gasteiger partial charge in [-0.05, 0) is 35.6 Å². The van der Waals surface area contributed by atoms with Crippen LogP contribution in [0.15, 0.2) is 48.5 Å². The van der Waals surface area contributed by atoms with Crippen molar-refractivity contribution in [3.63, 3.8) is 0 Å². The van der Waals surface area contributed by atoms with Crippen molar-refractivity contribution in [1.29, 1.82) is 0 Å². The average Bonchev–Trinajstić information content (AvgIpc) is 2.90. The Morgan fingerprint density at radius 2 is 1.75 bits per heavy atom. The third-order valence-electron chi connectivity index (χ3n) is 4.37. The van der Waals surface area contributed by atoms with E-state index in [-0.39, 0.29) is 5.75 Å². The van der Waals surface area contributed by atoms with E-state index in [4.69, 9.17) is 0 Å². The molecule has 3 N–H and O–H groups in total. The monoisotopic (exact) mass is 323 g/mol. The Kier molecular flexibility index (Phi) is 4.93. The molecule has 0 radical (unpaired) electrons. The molecule has 0 atom stereocenters. The molecule has 0 spiro atoms. The van der Waals surface area contributed by atoms with Crippen molar-refractivity contribution < 1.29 is 15.2 Å². The van der Waals surface area contributed by atoms with E-state index in [0.29, 0.717) is 5.46 Å². The van der Waals surface area contributed by atoms with E-state index in [1.54, 1.807) is 18.2 Å². The lowest BCUT2D eigenvalue weighted by atomic mass is 9.80. The van der Waals surface area contributed by atoms with Crippen molar-refractivity contribution >= 4 is 23.5 Å². The van der Waals surface area contributed by atoms with Crippen LogP contribution in [0.3, 0.4) is 0 Å². The van der Waals surface area contributed by atoms with Gasteiger partial charge in [-0.15, -0.1) is 0 Å². The maximum atomic E-state index is 9.80. The quantitative estimate of drug-likeness (QED) is 0.611. The number of nitrogens with zero attached hydrogens (tertiary/aromatic N) is 1. The van der Waals surface area contributed by atoms with Crippen molar-refractivity contribution in [2.75, 3.05) is 0 Å². The molecule has 0 aliphatic rings. The van der Waals surface area contributed by atoms with E-state index in [0.717, 1.165) is 42.3 Å². The molecule has 1 heterocycles. The fraction of sp³-hybridized carbons (Fsp3) is 0.263. The number of benzene rings is 2. The van der Waals surface area contributed by atoms with Gasteiger partial charge in [0.15, 0.2) is 0 Å². The molecular formula is C19H22BNO3. The van der Waals surface area contributed by atoms with Gasteiger partial charge in [0.2, 0.25) is 0 Å². The molecule has 24 heavy (non-hydrogen) atoms. The molecular weight excluding hydrogens is 301 g/mol. The van der Waals surface area contributed by atoms with Gasteiger partial charge in [-0.25, -0.2) is 0 Å². The summed E-state index contributed by atoms with van der Waals surface area (Å²) in [4.78, 5) is 0. The largest absolute Gasteiger partial charge is 0.508 e. The number of hydrogen-bond acceptors (Lipinski definition) is 3. The Labute approximate surface area is 142 Å². The zero-order valence-electron chi connectivity index (χ0n) is 13.8. The molecule has 0 aliphatic carbocycles. The van der Waals surface area contributed by atoms with Crippen LogP contribution in [0.1, 0.15) is 31.0 Å². The van der Waals surface area contributed by atoms with Gasteiger partial charge >= 0.3 is 7.12 Å². The van der Waals surface area contributed by atoms with Crippen molar-refractivity contribution in [2.45, 2.75) is 32.7 Å². The third kappa shape index (κ3) is 3.47. The second kappa shape index (κ2) is 7.12. The van der Waals surface area contributed by atoms with Gasteiger partial charge in [0.25, 0.3) is 0 Å². The Morgan fingerprint density at radius 3 is 2.42 bits per heavy atom. The summed E-state index contributed by atoms with van der Waals surface area (Å²) in [6, 6.07) is 15.0. The van der Waals surface area contributed by atoms with E-state index in [9.17, 15) is 15.2 Å². The highest BCUT2D eigenvalue weighted by molar-refractivity contribution is 6.58. The summed E-state index contributed by atoms with van der Waals surface area (Å²) >= 11 is 0. The number of aromatic nitrogens is 1. The van der Waals surface area contributed by atoms with E-state index in [1.807, 2.05) is 24.3 Å². The van der Waals surface area contributed by atoms with Crippen LogP contribution in [0.25, 0.3) is 10.9 Å². The number of hydrogen-bond donors (Lipinski definition) is 3. The zero-order chi connectivity index (χ0) is 17.1. The SMILES string of the molecule is CCCCn1c(Cc2ccc(B(O)O)cc2)cc2ccc(O)cc21. The topological polar surface area (TPSA) is 65.6 Å². The van der Waals surface area contributed by atoms with Crippen molar-refractivity contribution in [3.05, 3.63) is 59.8 Å². The first-order valence-corrected chi connectivity index (χ1v) is 8.34. The van der Waals surface area contributed by atoms with Gasteiger partial charge in [-0.1, -0.05) is 37.6 Å². The summed E-state index contributed by atoms with van der Waals surface area (Å²) in [6.07, 6.45) is 2.96. The highest BCUT2D eigenvalue weighted by Crippen LogP contribution is 2.26. The molecule has 1 aromatic heterocycles. The Bertz CT molecular complexity index is 824. The maximum Gasteiger partial charge on any atom is 0.488 e. The molecule has 4 nitrogen and oxygen atoms in total. The number of fused-ring (bicyclic) bond motifs is 1. The van der Waals surface area contributed by atoms with Crippen molar-refractivity contribution in [2.24, 2.45) is 0 Å². The highest BCUT2D eigenvalue weighted by Gasteiger charge is 2.12. The number of phenols is 1. The van der Waals surface area contributed by atoms with Crippen LogP contribution >= 0.6 is 0 Å². The van der Waals surface area contributed by atoms with Gasteiger partial charge in [-0.2, -0.15) is 0 Å². The molecule has 0 bridgehead atoms. The summed E-state index contributed by atoms with van der Waals surface area (Å²) < 4.78 is 2.27. The van der Waals surface area contributed by atoms with Crippen LogP contribution in [0.2, 0.25) is 0 Å². The first-order valence-electron chi connectivity index (χ1n) is 8.34. The van der Waals surface area contributed by atoms with Crippen molar-refractivity contribution in [3.8, 4) is 5.75 Å². The summed E-state index contributed by atoms with van der Waals surface area (Å²) in [5, 5.41) is 29.3. The summed E-state index contributed by atoms with van der Waals surface area (Å²) in [6.45, 7) is 3.09. The minimum atomic E-state index is -1.43. The predicted octanol–water partition coefficient (Wildman–Crippen LogP) is 2.42. The van der Waals surface area contributed by atoms with Gasteiger partial charge in [0, 0.05) is 30.1 Å². The number of aromatic hydroxyl groups is 1. The van der Waals surface area contributed by atoms with Crippen LogP contribution < -0.4 is 5.46 Å². The summed E-state index contributed by atoms with van der Waals surface area (Å²) in [5.41, 5.74) is 3.86. The van der Waals surface area contributed by atoms with Gasteiger partial charge < -0.3 is 19.7 Å². The molecule has 0 amide bonds. The first kappa shape index (κ1) is 16.6. The molecule has 5 heteroatoms. The molecule has 0 unspecified atom stereocenters. The third-order valence-corrected chi connectivity index (χ3v) is 4.37. The van der Waals surface area contributed by atoms with Crippen LogP contribution in [-0.4, -0.2) is 26.8 Å². The standard InChI is InChI=1S/C19H22BNO3/c1-2-3-10-21-17(12-15-6-9-18(22)13-19(15)21)11-14-4-7-16(8-5-14)20(23)24/h4-9,12-13,22-24H,2-3,10-11H2,1H3. The van der Waals surface area contributed by atoms with Crippen molar-refractivity contribution in [1.82, 2.24) is 4.57 Å². The normalized spacial score (nSPS) is 11.1. The Morgan fingerprint density at radius 1 is 1.00 bits per heavy atom. The number of aryl methyl sites for hydroxylation is 1. The number of unbranched alkanes of at least 4 members (excludes halogenated alkanes) is 1. The average molecular weight is 323 g/mol. The molecule has 0 fully saturated rings. The lowest BCUT2D eigenvalue weighted by Gasteiger charge is -2.11. The molecule has 3 aromatic rings. The predicted molar refractivity (Wildman–Crippen MR) is 97.6 cm³/mol.